The molecule has 2 aromatic carbocycles. The normalized spacial score (nSPS) is 16.0. The van der Waals surface area contributed by atoms with Crippen molar-refractivity contribution in [2.24, 2.45) is 5.92 Å². The van der Waals surface area contributed by atoms with Gasteiger partial charge in [0.2, 0.25) is 15.9 Å². The molecule has 3 rings (SSSR count). The van der Waals surface area contributed by atoms with E-state index in [1.807, 2.05) is 31.2 Å². The number of aryl methyl sites for hydroxylation is 1. The van der Waals surface area contributed by atoms with Crippen molar-refractivity contribution in [3.63, 3.8) is 0 Å². The summed E-state index contributed by atoms with van der Waals surface area (Å²) < 4.78 is 45.7. The second-order valence-corrected chi connectivity index (χ2v) is 8.74. The van der Waals surface area contributed by atoms with Gasteiger partial charge in [0.1, 0.15) is 16.5 Å². The fraction of sp³-hybridized carbons (Fsp3) is 0.350. The summed E-state index contributed by atoms with van der Waals surface area (Å²) in [6.07, 6.45) is 0.795. The first-order chi connectivity index (χ1) is 13.3. The third kappa shape index (κ3) is 4.34. The van der Waals surface area contributed by atoms with Crippen LogP contribution in [0.5, 0.6) is 5.75 Å². The average Bonchev–Trinajstić information content (AvgIpc) is 2.69. The van der Waals surface area contributed by atoms with E-state index < -0.39 is 15.8 Å². The summed E-state index contributed by atoms with van der Waals surface area (Å²) in [5, 5.41) is 2.87. The molecule has 0 aliphatic carbocycles. The van der Waals surface area contributed by atoms with E-state index in [4.69, 9.17) is 4.74 Å². The van der Waals surface area contributed by atoms with E-state index in [1.54, 1.807) is 0 Å². The van der Waals surface area contributed by atoms with Crippen molar-refractivity contribution in [3.8, 4) is 5.75 Å². The lowest BCUT2D eigenvalue weighted by Gasteiger charge is -2.30. The minimum absolute atomic E-state index is 0.0978. The van der Waals surface area contributed by atoms with Gasteiger partial charge in [0.05, 0.1) is 7.11 Å². The van der Waals surface area contributed by atoms with Crippen LogP contribution in [0.25, 0.3) is 0 Å². The molecule has 0 aromatic heterocycles. The van der Waals surface area contributed by atoms with Crippen LogP contribution in [-0.4, -0.2) is 38.8 Å². The number of benzene rings is 2. The topological polar surface area (TPSA) is 75.7 Å². The first-order valence-corrected chi connectivity index (χ1v) is 10.5. The monoisotopic (exact) mass is 406 g/mol. The smallest absolute Gasteiger partial charge is 0.246 e. The maximum atomic E-state index is 13.6. The van der Waals surface area contributed by atoms with Crippen molar-refractivity contribution in [2.75, 3.05) is 25.5 Å². The number of carbonyl (C=O) groups is 1. The van der Waals surface area contributed by atoms with Gasteiger partial charge in [-0.3, -0.25) is 4.79 Å². The van der Waals surface area contributed by atoms with Crippen molar-refractivity contribution in [3.05, 3.63) is 53.8 Å². The highest BCUT2D eigenvalue weighted by Crippen LogP contribution is 2.30. The van der Waals surface area contributed by atoms with Crippen LogP contribution in [0.1, 0.15) is 18.4 Å². The number of hydrogen-bond acceptors (Lipinski definition) is 4. The maximum absolute atomic E-state index is 13.6. The van der Waals surface area contributed by atoms with Crippen molar-refractivity contribution in [1.82, 2.24) is 4.31 Å². The zero-order valence-electron chi connectivity index (χ0n) is 15.8. The van der Waals surface area contributed by atoms with E-state index in [0.717, 1.165) is 23.4 Å². The molecule has 8 heteroatoms. The Balaban J connectivity index is 1.67. The summed E-state index contributed by atoms with van der Waals surface area (Å²) in [5.41, 5.74) is 1.82. The number of nitrogens with zero attached hydrogens (tertiary/aromatic N) is 1. The van der Waals surface area contributed by atoms with Gasteiger partial charge < -0.3 is 10.1 Å². The zero-order chi connectivity index (χ0) is 20.3. The molecule has 1 fully saturated rings. The van der Waals surface area contributed by atoms with E-state index in [-0.39, 0.29) is 35.6 Å². The predicted molar refractivity (Wildman–Crippen MR) is 104 cm³/mol. The summed E-state index contributed by atoms with van der Waals surface area (Å²) >= 11 is 0. The number of piperidine rings is 1. The number of methoxy groups -OCH3 is 1. The summed E-state index contributed by atoms with van der Waals surface area (Å²) in [7, 11) is -2.56. The fourth-order valence-electron chi connectivity index (χ4n) is 3.23. The Bertz CT molecular complexity index is 953. The Hall–Kier alpha value is -2.45. The molecule has 1 aliphatic rings. The first kappa shape index (κ1) is 20.3. The molecule has 1 saturated heterocycles. The van der Waals surface area contributed by atoms with Crippen LogP contribution in [0.3, 0.4) is 0 Å². The molecule has 1 N–H and O–H groups in total. The predicted octanol–water partition coefficient (Wildman–Crippen LogP) is 3.18. The number of amides is 1. The lowest BCUT2D eigenvalue weighted by molar-refractivity contribution is -0.120. The fourth-order valence-corrected chi connectivity index (χ4v) is 4.87. The maximum Gasteiger partial charge on any atom is 0.246 e. The lowest BCUT2D eigenvalue weighted by Crippen LogP contribution is -2.41. The minimum atomic E-state index is -3.90. The Labute approximate surface area is 164 Å². The number of ether oxygens (including phenoxy) is 1. The van der Waals surface area contributed by atoms with E-state index in [1.165, 1.54) is 17.5 Å². The summed E-state index contributed by atoms with van der Waals surface area (Å²) in [4.78, 5) is 12.3. The molecule has 6 nitrogen and oxygen atoms in total. The summed E-state index contributed by atoms with van der Waals surface area (Å²) in [6, 6.07) is 10.9. The Kier molecular flexibility index (Phi) is 6.00. The molecule has 28 heavy (non-hydrogen) atoms. The standard InChI is InChI=1S/C20H23FN2O4S/c1-14-3-6-17(7-4-14)22-20(24)15-9-11-23(12-10-15)28(25,26)19-13-16(21)5-8-18(19)27-2/h3-8,13,15H,9-12H2,1-2H3,(H,22,24). The van der Waals surface area contributed by atoms with Crippen LogP contribution >= 0.6 is 0 Å². The quantitative estimate of drug-likeness (QED) is 0.828. The van der Waals surface area contributed by atoms with Gasteiger partial charge in [-0.15, -0.1) is 0 Å². The molecule has 1 aliphatic heterocycles. The van der Waals surface area contributed by atoms with Crippen molar-refractivity contribution < 1.29 is 22.3 Å². The highest BCUT2D eigenvalue weighted by Gasteiger charge is 2.34. The van der Waals surface area contributed by atoms with Crippen molar-refractivity contribution >= 4 is 21.6 Å². The molecule has 0 atom stereocenters. The van der Waals surface area contributed by atoms with Gasteiger partial charge in [-0.05, 0) is 50.1 Å². The van der Waals surface area contributed by atoms with Gasteiger partial charge in [-0.2, -0.15) is 4.31 Å². The number of rotatable bonds is 5. The third-order valence-corrected chi connectivity index (χ3v) is 6.81. The summed E-state index contributed by atoms with van der Waals surface area (Å²) in [6.45, 7) is 2.34. The van der Waals surface area contributed by atoms with Gasteiger partial charge in [-0.1, -0.05) is 17.7 Å². The second kappa shape index (κ2) is 8.28. The number of nitrogens with one attached hydrogen (secondary N) is 1. The van der Waals surface area contributed by atoms with Gasteiger partial charge in [0, 0.05) is 24.7 Å². The number of carbonyl (C=O) groups excluding carboxylic acids is 1. The molecular formula is C20H23FN2O4S. The van der Waals surface area contributed by atoms with Gasteiger partial charge in [-0.25, -0.2) is 12.8 Å². The Morgan fingerprint density at radius 3 is 2.39 bits per heavy atom. The number of hydrogen-bond donors (Lipinski definition) is 1. The molecule has 0 bridgehead atoms. The van der Waals surface area contributed by atoms with Crippen LogP contribution in [0.15, 0.2) is 47.4 Å². The van der Waals surface area contributed by atoms with Crippen molar-refractivity contribution in [1.29, 1.82) is 0 Å². The van der Waals surface area contributed by atoms with Gasteiger partial charge in [0.25, 0.3) is 0 Å². The van der Waals surface area contributed by atoms with Crippen LogP contribution in [-0.2, 0) is 14.8 Å². The van der Waals surface area contributed by atoms with Crippen LogP contribution in [0.2, 0.25) is 0 Å². The number of halogens is 1. The largest absolute Gasteiger partial charge is 0.495 e. The zero-order valence-corrected chi connectivity index (χ0v) is 16.6. The molecule has 2 aromatic rings. The van der Waals surface area contributed by atoms with E-state index >= 15 is 0 Å². The Morgan fingerprint density at radius 2 is 1.79 bits per heavy atom. The highest BCUT2D eigenvalue weighted by molar-refractivity contribution is 7.89. The van der Waals surface area contributed by atoms with Gasteiger partial charge in [0.15, 0.2) is 0 Å². The molecular weight excluding hydrogens is 383 g/mol. The summed E-state index contributed by atoms with van der Waals surface area (Å²) in [5.74, 6) is -0.946. The van der Waals surface area contributed by atoms with Gasteiger partial charge >= 0.3 is 0 Å². The molecule has 0 saturated carbocycles. The molecule has 1 amide bonds. The number of sulfonamides is 1. The highest BCUT2D eigenvalue weighted by atomic mass is 32.2. The molecule has 1 heterocycles. The third-order valence-electron chi connectivity index (χ3n) is 4.89. The molecule has 0 unspecified atom stereocenters. The van der Waals surface area contributed by atoms with E-state index in [2.05, 4.69) is 5.32 Å². The van der Waals surface area contributed by atoms with E-state index in [9.17, 15) is 17.6 Å². The van der Waals surface area contributed by atoms with Crippen LogP contribution < -0.4 is 10.1 Å². The first-order valence-electron chi connectivity index (χ1n) is 9.02. The average molecular weight is 406 g/mol. The molecule has 150 valence electrons. The van der Waals surface area contributed by atoms with Crippen molar-refractivity contribution in [2.45, 2.75) is 24.7 Å². The van der Waals surface area contributed by atoms with Crippen LogP contribution in [0, 0.1) is 18.7 Å². The minimum Gasteiger partial charge on any atom is -0.495 e. The van der Waals surface area contributed by atoms with Crippen LogP contribution in [0.4, 0.5) is 10.1 Å². The lowest BCUT2D eigenvalue weighted by atomic mass is 9.97. The Morgan fingerprint density at radius 1 is 1.14 bits per heavy atom. The molecule has 0 spiro atoms. The second-order valence-electron chi connectivity index (χ2n) is 6.83. The van der Waals surface area contributed by atoms with E-state index in [0.29, 0.717) is 12.8 Å². The SMILES string of the molecule is COc1ccc(F)cc1S(=O)(=O)N1CCC(C(=O)Nc2ccc(C)cc2)CC1. The number of anilines is 1. The molecule has 0 radical (unpaired) electrons.